The number of rotatable bonds is 3. The lowest BCUT2D eigenvalue weighted by Gasteiger charge is -2.14. The second-order valence-electron chi connectivity index (χ2n) is 5.96. The summed E-state index contributed by atoms with van der Waals surface area (Å²) in [5, 5.41) is 8.30. The van der Waals surface area contributed by atoms with E-state index in [-0.39, 0.29) is 0 Å². The highest BCUT2D eigenvalue weighted by Crippen LogP contribution is 2.35. The van der Waals surface area contributed by atoms with Gasteiger partial charge in [-0.3, -0.25) is 0 Å². The highest BCUT2D eigenvalue weighted by molar-refractivity contribution is 5.98. The number of anilines is 2. The van der Waals surface area contributed by atoms with Crippen LogP contribution in [0, 0.1) is 20.8 Å². The maximum Gasteiger partial charge on any atom is 0.261 e. The summed E-state index contributed by atoms with van der Waals surface area (Å²) < 4.78 is 5.37. The molecular formula is C19H17N5O. The fraction of sp³-hybridized carbons (Fsp3) is 0.158. The van der Waals surface area contributed by atoms with Crippen molar-refractivity contribution in [1.82, 2.24) is 20.1 Å². The molecule has 0 saturated carbocycles. The van der Waals surface area contributed by atoms with Crippen molar-refractivity contribution in [2.75, 3.05) is 5.32 Å². The van der Waals surface area contributed by atoms with Gasteiger partial charge in [0.1, 0.15) is 0 Å². The van der Waals surface area contributed by atoms with E-state index in [9.17, 15) is 0 Å². The number of aryl methyl sites for hydroxylation is 3. The number of nitrogens with zero attached hydrogens (tertiary/aromatic N) is 4. The molecule has 0 amide bonds. The van der Waals surface area contributed by atoms with Gasteiger partial charge in [0.05, 0.1) is 11.3 Å². The molecule has 25 heavy (non-hydrogen) atoms. The third-order valence-corrected chi connectivity index (χ3v) is 4.03. The Kier molecular flexibility index (Phi) is 3.65. The van der Waals surface area contributed by atoms with Gasteiger partial charge in [0.15, 0.2) is 11.5 Å². The first kappa shape index (κ1) is 15.3. The van der Waals surface area contributed by atoms with Crippen molar-refractivity contribution in [3.8, 4) is 11.5 Å². The number of benzene rings is 1. The molecule has 0 aliphatic rings. The quantitative estimate of drug-likeness (QED) is 0.601. The topological polar surface area (TPSA) is 76.7 Å². The Morgan fingerprint density at radius 1 is 0.960 bits per heavy atom. The summed E-state index contributed by atoms with van der Waals surface area (Å²) in [7, 11) is 0. The van der Waals surface area contributed by atoms with Crippen molar-refractivity contribution in [1.29, 1.82) is 0 Å². The third kappa shape index (κ3) is 2.82. The van der Waals surface area contributed by atoms with Crippen LogP contribution in [0.2, 0.25) is 0 Å². The van der Waals surface area contributed by atoms with Crippen LogP contribution in [0.4, 0.5) is 11.4 Å². The molecule has 0 spiro atoms. The Labute approximate surface area is 144 Å². The van der Waals surface area contributed by atoms with Crippen LogP contribution < -0.4 is 5.32 Å². The summed E-state index contributed by atoms with van der Waals surface area (Å²) in [6.07, 6.45) is 1.72. The molecule has 0 atom stereocenters. The van der Waals surface area contributed by atoms with Crippen LogP contribution in [0.1, 0.15) is 17.1 Å². The Balaban J connectivity index is 1.95. The SMILES string of the molecule is Cc1ccc2c(Nc3ccccc3C)c(-c3nc(C)no3)cnc2n1. The maximum atomic E-state index is 5.37. The van der Waals surface area contributed by atoms with Crippen molar-refractivity contribution >= 4 is 22.4 Å². The molecule has 4 rings (SSSR count). The van der Waals surface area contributed by atoms with E-state index in [0.29, 0.717) is 17.4 Å². The first-order valence-electron chi connectivity index (χ1n) is 8.01. The smallest absolute Gasteiger partial charge is 0.261 e. The Morgan fingerprint density at radius 3 is 2.56 bits per heavy atom. The predicted molar refractivity (Wildman–Crippen MR) is 96.8 cm³/mol. The summed E-state index contributed by atoms with van der Waals surface area (Å²) in [6.45, 7) is 5.80. The van der Waals surface area contributed by atoms with Crippen LogP contribution in [0.5, 0.6) is 0 Å². The minimum atomic E-state index is 0.434. The number of hydrogen-bond donors (Lipinski definition) is 1. The third-order valence-electron chi connectivity index (χ3n) is 4.03. The molecule has 1 N–H and O–H groups in total. The zero-order valence-electron chi connectivity index (χ0n) is 14.2. The molecule has 1 aromatic carbocycles. The highest BCUT2D eigenvalue weighted by atomic mass is 16.5. The van der Waals surface area contributed by atoms with Crippen molar-refractivity contribution in [2.45, 2.75) is 20.8 Å². The van der Waals surface area contributed by atoms with Crippen LogP contribution in [0.15, 0.2) is 47.1 Å². The number of pyridine rings is 2. The Hall–Kier alpha value is -3.28. The van der Waals surface area contributed by atoms with Gasteiger partial charge in [-0.1, -0.05) is 23.4 Å². The zero-order valence-corrected chi connectivity index (χ0v) is 14.2. The molecule has 6 heteroatoms. The van der Waals surface area contributed by atoms with Crippen molar-refractivity contribution < 1.29 is 4.52 Å². The number of fused-ring (bicyclic) bond motifs is 1. The second-order valence-corrected chi connectivity index (χ2v) is 5.96. The molecule has 0 aliphatic heterocycles. The zero-order chi connectivity index (χ0) is 17.4. The van der Waals surface area contributed by atoms with Crippen LogP contribution in [-0.2, 0) is 0 Å². The number of para-hydroxylation sites is 1. The average molecular weight is 331 g/mol. The predicted octanol–water partition coefficient (Wildman–Crippen LogP) is 4.35. The van der Waals surface area contributed by atoms with E-state index in [1.807, 2.05) is 37.3 Å². The number of nitrogens with one attached hydrogen (secondary N) is 1. The molecule has 0 aliphatic carbocycles. The summed E-state index contributed by atoms with van der Waals surface area (Å²) in [5.74, 6) is 1.02. The van der Waals surface area contributed by atoms with E-state index in [0.717, 1.165) is 33.6 Å². The van der Waals surface area contributed by atoms with E-state index >= 15 is 0 Å². The summed E-state index contributed by atoms with van der Waals surface area (Å²) in [5.41, 5.74) is 5.35. The van der Waals surface area contributed by atoms with E-state index in [2.05, 4.69) is 38.4 Å². The van der Waals surface area contributed by atoms with Gasteiger partial charge in [-0.15, -0.1) is 0 Å². The minimum Gasteiger partial charge on any atom is -0.354 e. The van der Waals surface area contributed by atoms with Gasteiger partial charge >= 0.3 is 0 Å². The van der Waals surface area contributed by atoms with Gasteiger partial charge in [0, 0.05) is 23.0 Å². The summed E-state index contributed by atoms with van der Waals surface area (Å²) in [4.78, 5) is 13.3. The van der Waals surface area contributed by atoms with Gasteiger partial charge < -0.3 is 9.84 Å². The normalized spacial score (nSPS) is 11.0. The fourth-order valence-corrected chi connectivity index (χ4v) is 2.72. The van der Waals surface area contributed by atoms with Gasteiger partial charge in [0.25, 0.3) is 5.89 Å². The van der Waals surface area contributed by atoms with Crippen molar-refractivity contribution in [3.05, 3.63) is 59.7 Å². The molecule has 124 valence electrons. The lowest BCUT2D eigenvalue weighted by Crippen LogP contribution is -1.99. The van der Waals surface area contributed by atoms with Gasteiger partial charge in [0.2, 0.25) is 0 Å². The van der Waals surface area contributed by atoms with Gasteiger partial charge in [-0.05, 0) is 44.5 Å². The van der Waals surface area contributed by atoms with E-state index in [1.165, 1.54) is 0 Å². The molecule has 0 bridgehead atoms. The lowest BCUT2D eigenvalue weighted by atomic mass is 10.1. The van der Waals surface area contributed by atoms with Gasteiger partial charge in [-0.25, -0.2) is 9.97 Å². The second kappa shape index (κ2) is 5.98. The molecule has 0 radical (unpaired) electrons. The fourth-order valence-electron chi connectivity index (χ4n) is 2.72. The monoisotopic (exact) mass is 331 g/mol. The van der Waals surface area contributed by atoms with E-state index < -0.39 is 0 Å². The van der Waals surface area contributed by atoms with Crippen LogP contribution >= 0.6 is 0 Å². The first-order chi connectivity index (χ1) is 12.1. The molecule has 3 aromatic heterocycles. The highest BCUT2D eigenvalue weighted by Gasteiger charge is 2.17. The lowest BCUT2D eigenvalue weighted by molar-refractivity contribution is 0.425. The van der Waals surface area contributed by atoms with Crippen molar-refractivity contribution in [2.24, 2.45) is 0 Å². The first-order valence-corrected chi connectivity index (χ1v) is 8.01. The van der Waals surface area contributed by atoms with Gasteiger partial charge in [-0.2, -0.15) is 4.98 Å². The van der Waals surface area contributed by atoms with Crippen LogP contribution in [0.25, 0.3) is 22.5 Å². The molecular weight excluding hydrogens is 314 g/mol. The Bertz CT molecular complexity index is 1070. The van der Waals surface area contributed by atoms with Crippen LogP contribution in [-0.4, -0.2) is 20.1 Å². The van der Waals surface area contributed by atoms with Crippen molar-refractivity contribution in [3.63, 3.8) is 0 Å². The summed E-state index contributed by atoms with van der Waals surface area (Å²) in [6, 6.07) is 12.1. The number of aromatic nitrogens is 4. The molecule has 4 aromatic rings. The molecule has 0 unspecified atom stereocenters. The molecule has 0 fully saturated rings. The molecule has 3 heterocycles. The molecule has 0 saturated heterocycles. The van der Waals surface area contributed by atoms with E-state index in [1.54, 1.807) is 13.1 Å². The molecule has 6 nitrogen and oxygen atoms in total. The maximum absolute atomic E-state index is 5.37. The average Bonchev–Trinajstić information content (AvgIpc) is 3.03. The van der Waals surface area contributed by atoms with E-state index in [4.69, 9.17) is 4.52 Å². The summed E-state index contributed by atoms with van der Waals surface area (Å²) >= 11 is 0. The largest absolute Gasteiger partial charge is 0.354 e. The van der Waals surface area contributed by atoms with Crippen LogP contribution in [0.3, 0.4) is 0 Å². The standard InChI is InChI=1S/C19H17N5O/c1-11-6-4-5-7-16(11)23-17-14-9-8-12(2)21-18(14)20-10-15(17)19-22-13(3)24-25-19/h4-10H,1-3H3,(H,20,21,23). The number of hydrogen-bond acceptors (Lipinski definition) is 6. The Morgan fingerprint density at radius 2 is 1.80 bits per heavy atom. The minimum absolute atomic E-state index is 0.434.